The van der Waals surface area contributed by atoms with E-state index in [1.807, 2.05) is 0 Å². The van der Waals surface area contributed by atoms with E-state index in [9.17, 15) is 0 Å². The van der Waals surface area contributed by atoms with Crippen molar-refractivity contribution in [2.45, 2.75) is 0 Å². The van der Waals surface area contributed by atoms with Gasteiger partial charge in [-0.25, -0.2) is 0 Å². The molecule has 23 heavy (non-hydrogen) atoms. The minimum absolute atomic E-state index is 1.19. The van der Waals surface area contributed by atoms with Gasteiger partial charge in [0.1, 0.15) is 0 Å². The monoisotopic (exact) mass is 293 g/mol. The molecule has 0 atom stereocenters. The molecule has 5 aromatic rings. The number of benzene rings is 4. The van der Waals surface area contributed by atoms with Crippen molar-refractivity contribution >= 4 is 32.6 Å². The first-order valence-corrected chi connectivity index (χ1v) is 7.89. The Kier molecular flexibility index (Phi) is 2.56. The second-order valence-electron chi connectivity index (χ2n) is 5.93. The molecule has 0 bridgehead atoms. The smallest absolute Gasteiger partial charge is 0.0544 e. The third-order valence-corrected chi connectivity index (χ3v) is 4.62. The van der Waals surface area contributed by atoms with E-state index >= 15 is 0 Å². The summed E-state index contributed by atoms with van der Waals surface area (Å²) in [6.45, 7) is 0. The zero-order chi connectivity index (χ0) is 15.2. The van der Waals surface area contributed by atoms with E-state index in [2.05, 4.69) is 89.9 Å². The second-order valence-corrected chi connectivity index (χ2v) is 5.93. The molecule has 0 radical (unpaired) electrons. The molecule has 0 fully saturated rings. The quantitative estimate of drug-likeness (QED) is 0.382. The third kappa shape index (κ3) is 1.80. The molecule has 0 spiro atoms. The Balaban J connectivity index is 1.93. The van der Waals surface area contributed by atoms with Gasteiger partial charge < -0.3 is 4.98 Å². The van der Waals surface area contributed by atoms with Gasteiger partial charge in [-0.3, -0.25) is 0 Å². The van der Waals surface area contributed by atoms with Gasteiger partial charge >= 0.3 is 0 Å². The molecule has 0 saturated carbocycles. The number of fused-ring (bicyclic) bond motifs is 4. The van der Waals surface area contributed by atoms with Crippen molar-refractivity contribution in [1.82, 2.24) is 4.98 Å². The van der Waals surface area contributed by atoms with Crippen LogP contribution >= 0.6 is 0 Å². The number of H-pyrrole nitrogens is 1. The molecule has 1 nitrogen and oxygen atoms in total. The summed E-state index contributed by atoms with van der Waals surface area (Å²) in [5.74, 6) is 0. The number of rotatable bonds is 1. The molecule has 1 N–H and O–H groups in total. The zero-order valence-electron chi connectivity index (χ0n) is 12.6. The summed E-state index contributed by atoms with van der Waals surface area (Å²) in [6, 6.07) is 30.1. The van der Waals surface area contributed by atoms with Crippen LogP contribution in [0.25, 0.3) is 43.7 Å². The standard InChI is InChI=1S/C22H15N/c1-2-9-16-15(7-1)8-5-11-17(16)19-12-6-13-20-18-10-3-4-14-21(18)23-22(19)20/h1-14,23H. The first kappa shape index (κ1) is 12.5. The Morgan fingerprint density at radius 3 is 2.09 bits per heavy atom. The predicted octanol–water partition coefficient (Wildman–Crippen LogP) is 6.14. The topological polar surface area (TPSA) is 15.8 Å². The maximum Gasteiger partial charge on any atom is 0.0544 e. The van der Waals surface area contributed by atoms with Crippen molar-refractivity contribution in [3.8, 4) is 11.1 Å². The van der Waals surface area contributed by atoms with Crippen molar-refractivity contribution in [2.75, 3.05) is 0 Å². The average Bonchev–Trinajstić information content (AvgIpc) is 3.00. The number of aromatic amines is 1. The lowest BCUT2D eigenvalue weighted by atomic mass is 9.96. The lowest BCUT2D eigenvalue weighted by Gasteiger charge is -2.08. The van der Waals surface area contributed by atoms with Crippen LogP contribution in [0.1, 0.15) is 0 Å². The van der Waals surface area contributed by atoms with Gasteiger partial charge in [0.05, 0.1) is 5.52 Å². The molecule has 1 aromatic heterocycles. The predicted molar refractivity (Wildman–Crippen MR) is 98.7 cm³/mol. The summed E-state index contributed by atoms with van der Waals surface area (Å²) in [5.41, 5.74) is 4.94. The summed E-state index contributed by atoms with van der Waals surface area (Å²) in [7, 11) is 0. The normalized spacial score (nSPS) is 11.5. The van der Waals surface area contributed by atoms with E-state index in [1.165, 1.54) is 43.7 Å². The Bertz CT molecular complexity index is 1160. The summed E-state index contributed by atoms with van der Waals surface area (Å²) in [4.78, 5) is 3.61. The highest BCUT2D eigenvalue weighted by atomic mass is 14.7. The fourth-order valence-electron chi connectivity index (χ4n) is 3.56. The van der Waals surface area contributed by atoms with Gasteiger partial charge in [-0.2, -0.15) is 0 Å². The summed E-state index contributed by atoms with van der Waals surface area (Å²) in [5, 5.41) is 5.13. The van der Waals surface area contributed by atoms with Gasteiger partial charge in [-0.05, 0) is 22.4 Å². The number of nitrogens with one attached hydrogen (secondary N) is 1. The van der Waals surface area contributed by atoms with Crippen LogP contribution in [-0.4, -0.2) is 4.98 Å². The molecule has 0 amide bonds. The van der Waals surface area contributed by atoms with E-state index in [0.717, 1.165) is 0 Å². The number of para-hydroxylation sites is 2. The molecule has 0 aliphatic carbocycles. The molecule has 108 valence electrons. The Morgan fingerprint density at radius 2 is 1.13 bits per heavy atom. The molecule has 1 heterocycles. The van der Waals surface area contributed by atoms with Crippen molar-refractivity contribution in [3.05, 3.63) is 84.9 Å². The lowest BCUT2D eigenvalue weighted by Crippen LogP contribution is -1.83. The van der Waals surface area contributed by atoms with Crippen LogP contribution in [0.3, 0.4) is 0 Å². The van der Waals surface area contributed by atoms with E-state index < -0.39 is 0 Å². The molecule has 0 saturated heterocycles. The van der Waals surface area contributed by atoms with Crippen LogP contribution in [0.5, 0.6) is 0 Å². The molecule has 0 aliphatic rings. The van der Waals surface area contributed by atoms with Gasteiger partial charge in [0.2, 0.25) is 0 Å². The van der Waals surface area contributed by atoms with E-state index in [1.54, 1.807) is 0 Å². The highest BCUT2D eigenvalue weighted by Crippen LogP contribution is 2.36. The van der Waals surface area contributed by atoms with Gasteiger partial charge in [0, 0.05) is 21.9 Å². The number of hydrogen-bond acceptors (Lipinski definition) is 0. The molecule has 4 aromatic carbocycles. The van der Waals surface area contributed by atoms with Crippen LogP contribution in [0, 0.1) is 0 Å². The van der Waals surface area contributed by atoms with Crippen molar-refractivity contribution in [3.63, 3.8) is 0 Å². The Hall–Kier alpha value is -3.06. The van der Waals surface area contributed by atoms with E-state index in [-0.39, 0.29) is 0 Å². The van der Waals surface area contributed by atoms with Crippen molar-refractivity contribution in [2.24, 2.45) is 0 Å². The van der Waals surface area contributed by atoms with Gasteiger partial charge in [-0.1, -0.05) is 78.9 Å². The fraction of sp³-hybridized carbons (Fsp3) is 0. The largest absolute Gasteiger partial charge is 0.354 e. The lowest BCUT2D eigenvalue weighted by molar-refractivity contribution is 1.54. The van der Waals surface area contributed by atoms with E-state index in [4.69, 9.17) is 0 Å². The minimum atomic E-state index is 1.19. The van der Waals surface area contributed by atoms with Crippen LogP contribution in [0.15, 0.2) is 84.9 Å². The van der Waals surface area contributed by atoms with Crippen molar-refractivity contribution < 1.29 is 0 Å². The summed E-state index contributed by atoms with van der Waals surface area (Å²) >= 11 is 0. The van der Waals surface area contributed by atoms with Crippen LogP contribution in [0.2, 0.25) is 0 Å². The van der Waals surface area contributed by atoms with Crippen LogP contribution in [-0.2, 0) is 0 Å². The summed E-state index contributed by atoms with van der Waals surface area (Å²) in [6.07, 6.45) is 0. The second kappa shape index (κ2) is 4.72. The average molecular weight is 293 g/mol. The zero-order valence-corrected chi connectivity index (χ0v) is 12.6. The van der Waals surface area contributed by atoms with Gasteiger partial charge in [0.15, 0.2) is 0 Å². The Labute approximate surface area is 134 Å². The molecular formula is C22H15N. The SMILES string of the molecule is c1ccc2c(-c3cccc4c3[nH]c3ccccc34)cccc2c1. The maximum absolute atomic E-state index is 3.61. The Morgan fingerprint density at radius 1 is 0.478 bits per heavy atom. The number of aromatic nitrogens is 1. The fourth-order valence-corrected chi connectivity index (χ4v) is 3.56. The first-order valence-electron chi connectivity index (χ1n) is 7.89. The highest BCUT2D eigenvalue weighted by Gasteiger charge is 2.10. The third-order valence-electron chi connectivity index (χ3n) is 4.62. The van der Waals surface area contributed by atoms with Crippen LogP contribution < -0.4 is 0 Å². The first-order chi connectivity index (χ1) is 11.4. The number of hydrogen-bond donors (Lipinski definition) is 1. The molecular weight excluding hydrogens is 278 g/mol. The molecule has 0 unspecified atom stereocenters. The summed E-state index contributed by atoms with van der Waals surface area (Å²) < 4.78 is 0. The molecule has 0 aliphatic heterocycles. The van der Waals surface area contributed by atoms with Crippen molar-refractivity contribution in [1.29, 1.82) is 0 Å². The maximum atomic E-state index is 3.61. The molecule has 5 rings (SSSR count). The minimum Gasteiger partial charge on any atom is -0.354 e. The van der Waals surface area contributed by atoms with Gasteiger partial charge in [-0.15, -0.1) is 0 Å². The van der Waals surface area contributed by atoms with E-state index in [0.29, 0.717) is 0 Å². The molecule has 1 heteroatoms. The van der Waals surface area contributed by atoms with Gasteiger partial charge in [0.25, 0.3) is 0 Å². The van der Waals surface area contributed by atoms with Crippen LogP contribution in [0.4, 0.5) is 0 Å². The highest BCUT2D eigenvalue weighted by molar-refractivity contribution is 6.13.